The van der Waals surface area contributed by atoms with E-state index in [1.54, 1.807) is 42.5 Å². The number of benzene rings is 3. The van der Waals surface area contributed by atoms with E-state index >= 15 is 0 Å². The number of aryl methyl sites for hydroxylation is 1. The predicted octanol–water partition coefficient (Wildman–Crippen LogP) is 5.14. The molecule has 0 atom stereocenters. The number of ether oxygens (including phenoxy) is 1. The summed E-state index contributed by atoms with van der Waals surface area (Å²) in [5.41, 5.74) is 3.31. The number of anilines is 2. The Morgan fingerprint density at radius 1 is 1.00 bits per heavy atom. The predicted molar refractivity (Wildman–Crippen MR) is 135 cm³/mol. The lowest BCUT2D eigenvalue weighted by Crippen LogP contribution is -2.35. The van der Waals surface area contributed by atoms with Crippen LogP contribution in [0, 0.1) is 0 Å². The first-order valence-corrected chi connectivity index (χ1v) is 12.8. The molecule has 3 aromatic carbocycles. The van der Waals surface area contributed by atoms with Gasteiger partial charge in [-0.2, -0.15) is 0 Å². The van der Waals surface area contributed by atoms with Gasteiger partial charge in [-0.3, -0.25) is 9.10 Å². The maximum Gasteiger partial charge on any atom is 0.264 e. The van der Waals surface area contributed by atoms with E-state index < -0.39 is 10.0 Å². The standard InChI is InChI=1S/C27H30N2O4S/c1-27(2,3)21-12-15-23(16-13-21)33-19-26(30)28-22-14-11-20-8-7-17-29(25(20)18-22)34(31,32)24-9-5-4-6-10-24/h4-6,9-16,18H,7-8,17,19H2,1-3H3,(H,28,30). The molecule has 3 aromatic rings. The quantitative estimate of drug-likeness (QED) is 0.532. The summed E-state index contributed by atoms with van der Waals surface area (Å²) < 4.78 is 33.6. The van der Waals surface area contributed by atoms with Crippen molar-refractivity contribution >= 4 is 27.3 Å². The monoisotopic (exact) mass is 478 g/mol. The molecule has 0 radical (unpaired) electrons. The van der Waals surface area contributed by atoms with Crippen LogP contribution in [-0.4, -0.2) is 27.5 Å². The van der Waals surface area contributed by atoms with Crippen LogP contribution in [0.1, 0.15) is 38.3 Å². The van der Waals surface area contributed by atoms with Crippen molar-refractivity contribution in [2.75, 3.05) is 22.8 Å². The van der Waals surface area contributed by atoms with Gasteiger partial charge in [-0.25, -0.2) is 8.42 Å². The minimum atomic E-state index is -3.69. The fourth-order valence-corrected chi connectivity index (χ4v) is 5.54. The van der Waals surface area contributed by atoms with Crippen LogP contribution in [0.2, 0.25) is 0 Å². The number of fused-ring (bicyclic) bond motifs is 1. The summed E-state index contributed by atoms with van der Waals surface area (Å²) >= 11 is 0. The highest BCUT2D eigenvalue weighted by atomic mass is 32.2. The third-order valence-corrected chi connectivity index (χ3v) is 7.69. The van der Waals surface area contributed by atoms with Crippen LogP contribution in [0.15, 0.2) is 77.7 Å². The molecule has 1 amide bonds. The minimum absolute atomic E-state index is 0.0459. The van der Waals surface area contributed by atoms with E-state index in [0.29, 0.717) is 23.7 Å². The minimum Gasteiger partial charge on any atom is -0.484 e. The second-order valence-electron chi connectivity index (χ2n) is 9.45. The lowest BCUT2D eigenvalue weighted by molar-refractivity contribution is -0.118. The summed E-state index contributed by atoms with van der Waals surface area (Å²) in [5, 5.41) is 2.82. The fourth-order valence-electron chi connectivity index (χ4n) is 3.99. The Bertz CT molecular complexity index is 1260. The molecule has 178 valence electrons. The van der Waals surface area contributed by atoms with Crippen molar-refractivity contribution in [3.05, 3.63) is 83.9 Å². The molecule has 0 aromatic heterocycles. The molecule has 34 heavy (non-hydrogen) atoms. The Hall–Kier alpha value is -3.32. The number of rotatable bonds is 6. The Labute approximate surface area is 201 Å². The highest BCUT2D eigenvalue weighted by Crippen LogP contribution is 2.34. The zero-order valence-electron chi connectivity index (χ0n) is 19.7. The largest absolute Gasteiger partial charge is 0.484 e. The fraction of sp³-hybridized carbons (Fsp3) is 0.296. The van der Waals surface area contributed by atoms with Gasteiger partial charge >= 0.3 is 0 Å². The van der Waals surface area contributed by atoms with Crippen LogP contribution in [0.4, 0.5) is 11.4 Å². The normalized spacial score (nSPS) is 13.8. The molecule has 1 aliphatic rings. The molecule has 1 N–H and O–H groups in total. The van der Waals surface area contributed by atoms with Crippen molar-refractivity contribution in [1.82, 2.24) is 0 Å². The number of nitrogens with zero attached hydrogens (tertiary/aromatic N) is 1. The average molecular weight is 479 g/mol. The van der Waals surface area contributed by atoms with E-state index in [9.17, 15) is 13.2 Å². The van der Waals surface area contributed by atoms with Gasteiger partial charge in [0.1, 0.15) is 5.75 Å². The lowest BCUT2D eigenvalue weighted by atomic mass is 9.87. The molecular weight excluding hydrogens is 448 g/mol. The van der Waals surface area contributed by atoms with Gasteiger partial charge in [0.2, 0.25) is 0 Å². The van der Waals surface area contributed by atoms with E-state index in [0.717, 1.165) is 18.4 Å². The topological polar surface area (TPSA) is 75.7 Å². The number of nitrogens with one attached hydrogen (secondary N) is 1. The number of carbonyl (C=O) groups excluding carboxylic acids is 1. The lowest BCUT2D eigenvalue weighted by Gasteiger charge is -2.31. The highest BCUT2D eigenvalue weighted by molar-refractivity contribution is 7.92. The van der Waals surface area contributed by atoms with E-state index in [4.69, 9.17) is 4.74 Å². The molecule has 0 fully saturated rings. The number of sulfonamides is 1. The molecule has 0 saturated carbocycles. The molecule has 6 nitrogen and oxygen atoms in total. The number of hydrogen-bond acceptors (Lipinski definition) is 4. The Kier molecular flexibility index (Phi) is 6.66. The van der Waals surface area contributed by atoms with Gasteiger partial charge < -0.3 is 10.1 Å². The Balaban J connectivity index is 1.46. The van der Waals surface area contributed by atoms with Gasteiger partial charge in [0.05, 0.1) is 10.6 Å². The maximum atomic E-state index is 13.2. The van der Waals surface area contributed by atoms with Crippen LogP contribution in [0.25, 0.3) is 0 Å². The van der Waals surface area contributed by atoms with Crippen molar-refractivity contribution in [1.29, 1.82) is 0 Å². The van der Waals surface area contributed by atoms with Crippen molar-refractivity contribution in [3.8, 4) is 5.75 Å². The van der Waals surface area contributed by atoms with E-state index in [-0.39, 0.29) is 22.8 Å². The van der Waals surface area contributed by atoms with E-state index in [1.807, 2.05) is 30.3 Å². The SMILES string of the molecule is CC(C)(C)c1ccc(OCC(=O)Nc2ccc3c(c2)N(S(=O)(=O)c2ccccc2)CCC3)cc1. The third kappa shape index (κ3) is 5.25. The van der Waals surface area contributed by atoms with Gasteiger partial charge in [0.15, 0.2) is 6.61 Å². The van der Waals surface area contributed by atoms with Crippen LogP contribution < -0.4 is 14.4 Å². The Morgan fingerprint density at radius 3 is 2.38 bits per heavy atom. The second kappa shape index (κ2) is 9.50. The molecule has 0 unspecified atom stereocenters. The zero-order valence-corrected chi connectivity index (χ0v) is 20.6. The molecule has 1 aliphatic heterocycles. The first-order chi connectivity index (χ1) is 16.1. The second-order valence-corrected chi connectivity index (χ2v) is 11.3. The summed E-state index contributed by atoms with van der Waals surface area (Å²) in [6.07, 6.45) is 1.53. The summed E-state index contributed by atoms with van der Waals surface area (Å²) in [6.45, 7) is 6.68. The van der Waals surface area contributed by atoms with Crippen LogP contribution in [-0.2, 0) is 26.7 Å². The van der Waals surface area contributed by atoms with Gasteiger partial charge in [-0.05, 0) is 65.8 Å². The molecule has 4 rings (SSSR count). The molecule has 1 heterocycles. The van der Waals surface area contributed by atoms with Gasteiger partial charge in [0.25, 0.3) is 15.9 Å². The summed E-state index contributed by atoms with van der Waals surface area (Å²) in [4.78, 5) is 12.8. The molecule has 0 bridgehead atoms. The zero-order chi connectivity index (χ0) is 24.3. The van der Waals surface area contributed by atoms with Crippen molar-refractivity contribution in [2.45, 2.75) is 43.9 Å². The highest BCUT2D eigenvalue weighted by Gasteiger charge is 2.29. The molecule has 0 spiro atoms. The first-order valence-electron chi connectivity index (χ1n) is 11.4. The molecular formula is C27H30N2O4S. The summed E-state index contributed by atoms with van der Waals surface area (Å²) in [6, 6.07) is 21.5. The number of amides is 1. The van der Waals surface area contributed by atoms with Gasteiger partial charge in [0, 0.05) is 12.2 Å². The van der Waals surface area contributed by atoms with Gasteiger partial charge in [-0.15, -0.1) is 0 Å². The molecule has 7 heteroatoms. The Morgan fingerprint density at radius 2 is 1.71 bits per heavy atom. The van der Waals surface area contributed by atoms with Crippen molar-refractivity contribution < 1.29 is 17.9 Å². The first kappa shape index (κ1) is 23.8. The number of hydrogen-bond donors (Lipinski definition) is 1. The van der Waals surface area contributed by atoms with Crippen LogP contribution >= 0.6 is 0 Å². The number of carbonyl (C=O) groups is 1. The van der Waals surface area contributed by atoms with E-state index in [1.165, 1.54) is 9.87 Å². The van der Waals surface area contributed by atoms with Crippen LogP contribution in [0.5, 0.6) is 5.75 Å². The molecule has 0 aliphatic carbocycles. The molecule has 0 saturated heterocycles. The van der Waals surface area contributed by atoms with Crippen molar-refractivity contribution in [3.63, 3.8) is 0 Å². The summed E-state index contributed by atoms with van der Waals surface area (Å²) in [5.74, 6) is 0.307. The summed E-state index contributed by atoms with van der Waals surface area (Å²) in [7, 11) is -3.69. The van der Waals surface area contributed by atoms with Gasteiger partial charge in [-0.1, -0.05) is 57.2 Å². The van der Waals surface area contributed by atoms with Crippen LogP contribution in [0.3, 0.4) is 0 Å². The smallest absolute Gasteiger partial charge is 0.264 e. The average Bonchev–Trinajstić information content (AvgIpc) is 2.82. The van der Waals surface area contributed by atoms with Crippen molar-refractivity contribution in [2.24, 2.45) is 0 Å². The van der Waals surface area contributed by atoms with E-state index in [2.05, 4.69) is 26.1 Å². The third-order valence-electron chi connectivity index (χ3n) is 5.87. The maximum absolute atomic E-state index is 13.2.